The van der Waals surface area contributed by atoms with Crippen LogP contribution in [0, 0.1) is 0 Å². The molecule has 0 bridgehead atoms. The van der Waals surface area contributed by atoms with Gasteiger partial charge in [-0.15, -0.1) is 23.1 Å². The maximum atomic E-state index is 13.1. The largest absolute Gasteiger partial charge is 0.543 e. The van der Waals surface area contributed by atoms with Crippen LogP contribution in [0.4, 0.5) is 16.8 Å². The van der Waals surface area contributed by atoms with Crippen molar-refractivity contribution in [2.45, 2.75) is 29.6 Å². The first-order valence-corrected chi connectivity index (χ1v) is 14.2. The molecule has 2 aromatic rings. The first-order chi connectivity index (χ1) is 18.9. The summed E-state index contributed by atoms with van der Waals surface area (Å²) in [7, 11) is 1.68. The number of carbonyl (C=O) groups is 4. The van der Waals surface area contributed by atoms with Gasteiger partial charge >= 0.3 is 11.1 Å². The molecule has 4 rings (SSSR count). The van der Waals surface area contributed by atoms with Crippen molar-refractivity contribution < 1.29 is 38.8 Å². The van der Waals surface area contributed by atoms with Crippen LogP contribution in [0.3, 0.4) is 0 Å². The zero-order valence-electron chi connectivity index (χ0n) is 20.9. The molecule has 0 aliphatic carbocycles. The summed E-state index contributed by atoms with van der Waals surface area (Å²) in [5, 5.41) is 28.5. The quantitative estimate of drug-likeness (QED) is 0.0466. The molecule has 0 aromatic carbocycles. The van der Waals surface area contributed by atoms with E-state index < -0.39 is 47.0 Å². The Kier molecular flexibility index (Phi) is 8.35. The number of fused-ring (bicyclic) bond motifs is 1. The number of thiazole rings is 1. The lowest BCUT2D eigenvalue weighted by Crippen LogP contribution is -2.71. The molecule has 2 aliphatic rings. The Morgan fingerprint density at radius 1 is 1.38 bits per heavy atom. The van der Waals surface area contributed by atoms with E-state index in [4.69, 9.17) is 27.1 Å². The molecule has 3 atom stereocenters. The van der Waals surface area contributed by atoms with Gasteiger partial charge in [0.05, 0.1) is 24.8 Å². The first-order valence-electron chi connectivity index (χ1n) is 11.3. The van der Waals surface area contributed by atoms with Crippen molar-refractivity contribution in [2.75, 3.05) is 28.7 Å². The van der Waals surface area contributed by atoms with Crippen LogP contribution >= 0.6 is 34.9 Å². The predicted molar refractivity (Wildman–Crippen MR) is 143 cm³/mol. The van der Waals surface area contributed by atoms with E-state index in [1.807, 2.05) is 0 Å². The van der Waals surface area contributed by atoms with Crippen molar-refractivity contribution in [3.05, 3.63) is 28.4 Å². The van der Waals surface area contributed by atoms with Crippen LogP contribution in [-0.4, -0.2) is 78.5 Å². The Hall–Kier alpha value is -4.10. The third-order valence-corrected chi connectivity index (χ3v) is 8.86. The zero-order chi connectivity index (χ0) is 29.3. The third kappa shape index (κ3) is 5.75. The smallest absolute Gasteiger partial charge is 0.347 e. The number of oxime groups is 1. The molecular formula is C21H23N9O7S3. The maximum Gasteiger partial charge on any atom is 0.347 e. The molecule has 0 radical (unpaired) electrons. The van der Waals surface area contributed by atoms with Gasteiger partial charge in [-0.05, 0) is 24.3 Å². The number of carbonyl (C=O) groups excluding carboxylic acids is 3. The van der Waals surface area contributed by atoms with Gasteiger partial charge in [0.15, 0.2) is 10.8 Å². The zero-order valence-corrected chi connectivity index (χ0v) is 23.3. The summed E-state index contributed by atoms with van der Waals surface area (Å²) in [6.07, 6.45) is -1.37. The number of aliphatic carboxylic acids is 2. The third-order valence-electron chi connectivity index (χ3n) is 5.73. The lowest BCUT2D eigenvalue weighted by atomic mass is 10.0. The lowest BCUT2D eigenvalue weighted by molar-refractivity contribution is -0.698. The number of hydrogen-bond donors (Lipinski definition) is 5. The molecule has 16 nitrogen and oxygen atoms in total. The molecule has 2 aromatic heterocycles. The van der Waals surface area contributed by atoms with E-state index in [0.29, 0.717) is 16.5 Å². The second-order valence-electron chi connectivity index (χ2n) is 8.43. The van der Waals surface area contributed by atoms with Gasteiger partial charge in [0.1, 0.15) is 17.1 Å². The molecule has 212 valence electrons. The number of aromatic nitrogens is 3. The minimum absolute atomic E-state index is 0.0103. The molecule has 40 heavy (non-hydrogen) atoms. The van der Waals surface area contributed by atoms with Crippen molar-refractivity contribution >= 4 is 81.1 Å². The van der Waals surface area contributed by atoms with Gasteiger partial charge in [-0.3, -0.25) is 14.5 Å². The number of β-lactam (4-membered cyclic amide) rings is 1. The van der Waals surface area contributed by atoms with Crippen molar-refractivity contribution in [1.29, 1.82) is 0 Å². The van der Waals surface area contributed by atoms with E-state index in [1.54, 1.807) is 11.6 Å². The van der Waals surface area contributed by atoms with E-state index in [-0.39, 0.29) is 33.8 Å². The van der Waals surface area contributed by atoms with Crippen LogP contribution in [0.2, 0.25) is 0 Å². The minimum atomic E-state index is -1.54. The second-order valence-corrected chi connectivity index (χ2v) is 11.4. The number of hydrogen-bond acceptors (Lipinski definition) is 15. The molecule has 2 amide bonds. The van der Waals surface area contributed by atoms with Crippen LogP contribution in [-0.2, 0) is 31.1 Å². The van der Waals surface area contributed by atoms with Gasteiger partial charge < -0.3 is 42.4 Å². The van der Waals surface area contributed by atoms with Crippen molar-refractivity contribution in [3.8, 4) is 0 Å². The Bertz CT molecular complexity index is 1460. The number of nitrogens with zero attached hydrogens (tertiary/aromatic N) is 5. The summed E-state index contributed by atoms with van der Waals surface area (Å²) >= 11 is 3.45. The Morgan fingerprint density at radius 3 is 2.73 bits per heavy atom. The fourth-order valence-corrected chi connectivity index (χ4v) is 6.66. The van der Waals surface area contributed by atoms with Gasteiger partial charge in [0.25, 0.3) is 11.8 Å². The maximum absolute atomic E-state index is 13.1. The highest BCUT2D eigenvalue weighted by atomic mass is 32.2. The van der Waals surface area contributed by atoms with Gasteiger partial charge in [0, 0.05) is 16.9 Å². The number of rotatable bonds is 10. The highest BCUT2D eigenvalue weighted by Crippen LogP contribution is 2.41. The SMILES string of the molecule is C[C@H](O/N=C(\C(=O)NC1C(=O)N2C(C(=O)[O-])=C(CSc3nc(N)cc(N)[n+]3C)CSC12)c1csc(N)n1)C(=O)O. The highest BCUT2D eigenvalue weighted by molar-refractivity contribution is 8.01. The molecule has 0 saturated carbocycles. The van der Waals surface area contributed by atoms with Crippen LogP contribution in [0.5, 0.6) is 0 Å². The van der Waals surface area contributed by atoms with E-state index >= 15 is 0 Å². The average Bonchev–Trinajstić information content (AvgIpc) is 3.33. The van der Waals surface area contributed by atoms with Crippen LogP contribution in [0.1, 0.15) is 12.6 Å². The van der Waals surface area contributed by atoms with Crippen LogP contribution in [0.15, 0.2) is 33.0 Å². The summed E-state index contributed by atoms with van der Waals surface area (Å²) in [4.78, 5) is 63.5. The predicted octanol–water partition coefficient (Wildman–Crippen LogP) is -2.50. The normalized spacial score (nSPS) is 19.5. The molecule has 8 N–H and O–H groups in total. The lowest BCUT2D eigenvalue weighted by Gasteiger charge is -2.50. The van der Waals surface area contributed by atoms with Gasteiger partial charge in [-0.25, -0.2) is 14.3 Å². The molecule has 0 spiro atoms. The van der Waals surface area contributed by atoms with Crippen molar-refractivity contribution in [2.24, 2.45) is 12.2 Å². The molecule has 1 saturated heterocycles. The van der Waals surface area contributed by atoms with E-state index in [9.17, 15) is 24.3 Å². The van der Waals surface area contributed by atoms with Crippen molar-refractivity contribution in [1.82, 2.24) is 20.2 Å². The van der Waals surface area contributed by atoms with Gasteiger partial charge in [-0.2, -0.15) is 0 Å². The number of carboxylic acid groups (broad SMARTS) is 2. The van der Waals surface area contributed by atoms with E-state index in [0.717, 1.165) is 16.2 Å². The number of anilines is 3. The van der Waals surface area contributed by atoms with Gasteiger partial charge in [0.2, 0.25) is 17.7 Å². The first kappa shape index (κ1) is 28.9. The van der Waals surface area contributed by atoms with Crippen LogP contribution < -0.4 is 32.2 Å². The Morgan fingerprint density at radius 2 is 2.10 bits per heavy atom. The summed E-state index contributed by atoms with van der Waals surface area (Å²) in [6.45, 7) is 1.21. The molecule has 4 heterocycles. The van der Waals surface area contributed by atoms with Crippen LogP contribution in [0.25, 0.3) is 0 Å². The number of nitrogens with one attached hydrogen (secondary N) is 1. The van der Waals surface area contributed by atoms with E-state index in [1.165, 1.54) is 41.9 Å². The molecule has 1 fully saturated rings. The minimum Gasteiger partial charge on any atom is -0.543 e. The summed E-state index contributed by atoms with van der Waals surface area (Å²) in [5.41, 5.74) is 17.1. The Balaban J connectivity index is 1.52. The molecule has 2 unspecified atom stereocenters. The fraction of sp³-hybridized carbons (Fsp3) is 0.333. The topological polar surface area (TPSA) is 256 Å². The number of nitrogen functional groups attached to an aromatic ring is 3. The number of nitrogens with two attached hydrogens (primary N) is 3. The molecule has 2 aliphatic heterocycles. The number of carboxylic acids is 2. The summed E-state index contributed by atoms with van der Waals surface area (Å²) in [5.74, 6) is -3.47. The number of amides is 2. The number of thioether (sulfide) groups is 2. The second kappa shape index (κ2) is 11.6. The average molecular weight is 610 g/mol. The summed E-state index contributed by atoms with van der Waals surface area (Å²) < 4.78 is 1.59. The summed E-state index contributed by atoms with van der Waals surface area (Å²) in [6, 6.07) is 0.384. The monoisotopic (exact) mass is 609 g/mol. The Labute approximate surface area is 238 Å². The highest BCUT2D eigenvalue weighted by Gasteiger charge is 2.53. The standard InChI is InChI=1S/C21H23N9O7S3/c1-7(18(33)34)37-28-12(9-6-39-20(24)25-9)15(31)27-13-16(32)30-14(19(35)36)8(4-38-17(13)30)5-40-21-26-10(22)3-11(23)29(21)2/h3,6-7,13,17H,4-5H2,1-2H3,(H8,22,23,24,25,27,31,33,34,35,36)/b28-12-/t7-,13?,17?/m0/s1. The van der Waals surface area contributed by atoms with Crippen molar-refractivity contribution in [3.63, 3.8) is 0 Å². The molecular weight excluding hydrogens is 586 g/mol. The van der Waals surface area contributed by atoms with E-state index in [2.05, 4.69) is 20.4 Å². The molecule has 19 heteroatoms. The fourth-order valence-electron chi connectivity index (χ4n) is 3.63. The van der Waals surface area contributed by atoms with Gasteiger partial charge in [-0.1, -0.05) is 10.1 Å².